The maximum atomic E-state index is 13.6. The van der Waals surface area contributed by atoms with Crippen molar-refractivity contribution in [3.63, 3.8) is 0 Å². The van der Waals surface area contributed by atoms with Crippen LogP contribution in [0.2, 0.25) is 5.02 Å². The van der Waals surface area contributed by atoms with E-state index < -0.39 is 29.6 Å². The number of hydrazine groups is 1. The molecule has 4 rings (SSSR count). The van der Waals surface area contributed by atoms with Crippen molar-refractivity contribution >= 4 is 74.0 Å². The first-order chi connectivity index (χ1) is 16.7. The summed E-state index contributed by atoms with van der Waals surface area (Å²) in [5.41, 5.74) is 3.53. The number of hydrogen-bond acceptors (Lipinski definition) is 4. The molecule has 0 radical (unpaired) electrons. The number of benzene rings is 3. The summed E-state index contributed by atoms with van der Waals surface area (Å²) in [4.78, 5) is 40.2. The molecule has 3 aromatic carbocycles. The zero-order chi connectivity index (χ0) is 25.1. The highest BCUT2D eigenvalue weighted by Gasteiger charge is 2.45. The van der Waals surface area contributed by atoms with E-state index in [-0.39, 0.29) is 17.1 Å². The normalized spacial score (nSPS) is 15.3. The number of anilines is 2. The van der Waals surface area contributed by atoms with E-state index in [1.54, 1.807) is 42.5 Å². The Morgan fingerprint density at radius 3 is 2.46 bits per heavy atom. The Balaban J connectivity index is 1.61. The Morgan fingerprint density at radius 2 is 1.77 bits per heavy atom. The average Bonchev–Trinajstić information content (AvgIpc) is 3.03. The van der Waals surface area contributed by atoms with Gasteiger partial charge < -0.3 is 5.32 Å². The van der Waals surface area contributed by atoms with Crippen molar-refractivity contribution in [1.29, 1.82) is 0 Å². The van der Waals surface area contributed by atoms with Crippen molar-refractivity contribution < 1.29 is 18.8 Å². The molecule has 35 heavy (non-hydrogen) atoms. The first kappa shape index (κ1) is 24.8. The Kier molecular flexibility index (Phi) is 7.44. The lowest BCUT2D eigenvalue weighted by atomic mass is 10.1. The van der Waals surface area contributed by atoms with Crippen molar-refractivity contribution in [3.05, 3.63) is 93.7 Å². The van der Waals surface area contributed by atoms with E-state index in [4.69, 9.17) is 23.8 Å². The molecule has 0 spiro atoms. The monoisotopic (exact) mass is 574 g/mol. The van der Waals surface area contributed by atoms with Crippen molar-refractivity contribution in [3.8, 4) is 0 Å². The fraction of sp³-hybridized carbons (Fsp3) is 0.0833. The van der Waals surface area contributed by atoms with Gasteiger partial charge >= 0.3 is 0 Å². The molecule has 1 unspecified atom stereocenters. The van der Waals surface area contributed by atoms with Crippen LogP contribution in [0, 0.1) is 5.82 Å². The standard InChI is InChI=1S/C24H17BrClFN4O3S/c25-15-4-2-6-18(12-15)28-21(32)13-20-23(34)30(19-9-7-16(26)8-10-19)24(35)31(20)29-22(33)14-3-1-5-17(27)11-14/h1-12,20H,13H2,(H,28,32)(H,29,33). The average molecular weight is 576 g/mol. The quantitative estimate of drug-likeness (QED) is 0.408. The molecule has 0 aliphatic carbocycles. The molecule has 1 saturated heterocycles. The van der Waals surface area contributed by atoms with Gasteiger partial charge in [-0.05, 0) is 72.9 Å². The number of carbonyl (C=O) groups is 3. The highest BCUT2D eigenvalue weighted by atomic mass is 79.9. The zero-order valence-electron chi connectivity index (χ0n) is 17.9. The van der Waals surface area contributed by atoms with Crippen molar-refractivity contribution in [2.24, 2.45) is 0 Å². The SMILES string of the molecule is O=C(CC1C(=O)N(c2ccc(Cl)cc2)C(=S)N1NC(=O)c1cccc(F)c1)Nc1cccc(Br)c1. The first-order valence-electron chi connectivity index (χ1n) is 10.3. The van der Waals surface area contributed by atoms with Gasteiger partial charge in [0.15, 0.2) is 0 Å². The second kappa shape index (κ2) is 10.5. The largest absolute Gasteiger partial charge is 0.326 e. The van der Waals surface area contributed by atoms with Crippen LogP contribution in [0.15, 0.2) is 77.3 Å². The number of nitrogens with one attached hydrogen (secondary N) is 2. The van der Waals surface area contributed by atoms with Crippen LogP contribution in [0.25, 0.3) is 0 Å². The summed E-state index contributed by atoms with van der Waals surface area (Å²) >= 11 is 14.8. The van der Waals surface area contributed by atoms with E-state index in [9.17, 15) is 18.8 Å². The van der Waals surface area contributed by atoms with Gasteiger partial charge in [-0.25, -0.2) is 9.40 Å². The predicted molar refractivity (Wildman–Crippen MR) is 138 cm³/mol. The Bertz CT molecular complexity index is 1320. The number of amides is 3. The molecule has 0 aromatic heterocycles. The summed E-state index contributed by atoms with van der Waals surface area (Å²) in [7, 11) is 0. The van der Waals surface area contributed by atoms with E-state index in [1.165, 1.54) is 23.1 Å². The Morgan fingerprint density at radius 1 is 1.06 bits per heavy atom. The molecule has 1 fully saturated rings. The van der Waals surface area contributed by atoms with Crippen LogP contribution in [-0.4, -0.2) is 33.9 Å². The van der Waals surface area contributed by atoms with Gasteiger partial charge in [0.2, 0.25) is 11.0 Å². The Hall–Kier alpha value is -3.34. The second-order valence-corrected chi connectivity index (χ2v) is 9.25. The minimum Gasteiger partial charge on any atom is -0.326 e. The van der Waals surface area contributed by atoms with E-state index in [2.05, 4.69) is 26.7 Å². The number of halogens is 3. The molecule has 3 amide bonds. The lowest BCUT2D eigenvalue weighted by Crippen LogP contribution is -2.49. The second-order valence-electron chi connectivity index (χ2n) is 7.53. The minimum atomic E-state index is -1.14. The van der Waals surface area contributed by atoms with Crippen LogP contribution < -0.4 is 15.6 Å². The molecule has 0 bridgehead atoms. The molecular formula is C24H17BrClFN4O3S. The molecule has 3 aromatic rings. The Labute approximate surface area is 218 Å². The third-order valence-electron chi connectivity index (χ3n) is 5.10. The highest BCUT2D eigenvalue weighted by molar-refractivity contribution is 9.10. The van der Waals surface area contributed by atoms with Crippen LogP contribution in [0.5, 0.6) is 0 Å². The number of carbonyl (C=O) groups excluding carboxylic acids is 3. The van der Waals surface area contributed by atoms with Gasteiger partial charge in [-0.15, -0.1) is 0 Å². The maximum Gasteiger partial charge on any atom is 0.269 e. The molecule has 11 heteroatoms. The number of nitrogens with zero attached hydrogens (tertiary/aromatic N) is 2. The first-order valence-corrected chi connectivity index (χ1v) is 11.9. The van der Waals surface area contributed by atoms with E-state index in [0.717, 1.165) is 15.5 Å². The van der Waals surface area contributed by atoms with E-state index in [1.807, 2.05) is 6.07 Å². The van der Waals surface area contributed by atoms with Gasteiger partial charge in [0.25, 0.3) is 11.8 Å². The third kappa shape index (κ3) is 5.67. The van der Waals surface area contributed by atoms with Crippen LogP contribution in [-0.2, 0) is 9.59 Å². The minimum absolute atomic E-state index is 0.0301. The molecule has 7 nitrogen and oxygen atoms in total. The molecule has 1 aliphatic rings. The van der Waals surface area contributed by atoms with E-state index in [0.29, 0.717) is 16.4 Å². The van der Waals surface area contributed by atoms with Crippen molar-refractivity contribution in [2.75, 3.05) is 10.2 Å². The highest BCUT2D eigenvalue weighted by Crippen LogP contribution is 2.28. The number of hydrogen-bond donors (Lipinski definition) is 2. The summed E-state index contributed by atoms with van der Waals surface area (Å²) in [6.45, 7) is 0. The molecule has 1 atom stereocenters. The fourth-order valence-corrected chi connectivity index (χ4v) is 4.38. The van der Waals surface area contributed by atoms with Gasteiger partial charge in [0, 0.05) is 20.7 Å². The van der Waals surface area contributed by atoms with Crippen LogP contribution in [0.4, 0.5) is 15.8 Å². The van der Waals surface area contributed by atoms with Crippen molar-refractivity contribution in [2.45, 2.75) is 12.5 Å². The summed E-state index contributed by atoms with van der Waals surface area (Å²) in [5, 5.41) is 4.31. The van der Waals surface area contributed by atoms with Gasteiger partial charge in [0.1, 0.15) is 11.9 Å². The van der Waals surface area contributed by atoms with Gasteiger partial charge in [-0.2, -0.15) is 0 Å². The van der Waals surface area contributed by atoms with E-state index >= 15 is 0 Å². The summed E-state index contributed by atoms with van der Waals surface area (Å²) < 4.78 is 14.4. The molecule has 0 saturated carbocycles. The maximum absolute atomic E-state index is 13.6. The predicted octanol–water partition coefficient (Wildman–Crippen LogP) is 4.92. The molecule has 178 valence electrons. The summed E-state index contributed by atoms with van der Waals surface area (Å²) in [6.07, 6.45) is -0.307. The van der Waals surface area contributed by atoms with Gasteiger partial charge in [-0.3, -0.25) is 24.7 Å². The smallest absolute Gasteiger partial charge is 0.269 e. The molecular weight excluding hydrogens is 559 g/mol. The lowest BCUT2D eigenvalue weighted by molar-refractivity contribution is -0.124. The summed E-state index contributed by atoms with van der Waals surface area (Å²) in [5.74, 6) is -2.26. The fourth-order valence-electron chi connectivity index (χ4n) is 3.48. The zero-order valence-corrected chi connectivity index (χ0v) is 21.0. The van der Waals surface area contributed by atoms with Gasteiger partial charge in [-0.1, -0.05) is 39.7 Å². The topological polar surface area (TPSA) is 81.8 Å². The van der Waals surface area contributed by atoms with Crippen LogP contribution in [0.3, 0.4) is 0 Å². The third-order valence-corrected chi connectivity index (χ3v) is 6.22. The van der Waals surface area contributed by atoms with Crippen LogP contribution >= 0.6 is 39.7 Å². The van der Waals surface area contributed by atoms with Gasteiger partial charge in [0.05, 0.1) is 12.1 Å². The molecule has 1 aliphatic heterocycles. The lowest BCUT2D eigenvalue weighted by Gasteiger charge is -2.24. The number of thiocarbonyl (C=S) groups is 1. The molecule has 2 N–H and O–H groups in total. The van der Waals surface area contributed by atoms with Crippen LogP contribution in [0.1, 0.15) is 16.8 Å². The summed E-state index contributed by atoms with van der Waals surface area (Å²) in [6, 6.07) is 17.3. The molecule has 1 heterocycles. The van der Waals surface area contributed by atoms with Crippen molar-refractivity contribution in [1.82, 2.24) is 10.4 Å². The number of rotatable bonds is 6.